The van der Waals surface area contributed by atoms with Crippen LogP contribution in [0.5, 0.6) is 23.0 Å². The molecule has 160 valence electrons. The Balaban J connectivity index is 1.49. The Hall–Kier alpha value is -3.48. The number of ether oxygens (including phenoxy) is 4. The number of benzene rings is 2. The Labute approximate surface area is 179 Å². The Morgan fingerprint density at radius 3 is 2.45 bits per heavy atom. The van der Waals surface area contributed by atoms with Crippen LogP contribution in [0.25, 0.3) is 0 Å². The van der Waals surface area contributed by atoms with Gasteiger partial charge < -0.3 is 24.3 Å². The third-order valence-corrected chi connectivity index (χ3v) is 6.21. The van der Waals surface area contributed by atoms with Gasteiger partial charge in [0.15, 0.2) is 28.8 Å². The molecule has 0 radical (unpaired) electrons. The van der Waals surface area contributed by atoms with E-state index in [1.165, 1.54) is 0 Å². The summed E-state index contributed by atoms with van der Waals surface area (Å²) < 4.78 is 21.6. The zero-order chi connectivity index (χ0) is 21.5. The number of Topliss-reactive ketones (excluding diaryl/α,β-unsaturated/α-hetero) is 1. The van der Waals surface area contributed by atoms with Gasteiger partial charge in [0, 0.05) is 30.0 Å². The van der Waals surface area contributed by atoms with Gasteiger partial charge in [-0.25, -0.2) is 0 Å². The number of amides is 1. The van der Waals surface area contributed by atoms with E-state index in [1.54, 1.807) is 14.2 Å². The molecule has 2 aliphatic heterocycles. The van der Waals surface area contributed by atoms with Crippen molar-refractivity contribution in [1.82, 2.24) is 5.32 Å². The molecule has 7 heteroatoms. The van der Waals surface area contributed by atoms with Crippen molar-refractivity contribution in [3.8, 4) is 23.0 Å². The topological polar surface area (TPSA) is 83.1 Å². The maximum Gasteiger partial charge on any atom is 0.231 e. The Morgan fingerprint density at radius 2 is 1.65 bits per heavy atom. The molecule has 1 aliphatic carbocycles. The van der Waals surface area contributed by atoms with Gasteiger partial charge in [0.25, 0.3) is 0 Å². The Kier molecular flexibility index (Phi) is 4.81. The standard InChI is InChI=1S/C24H23NO6/c1-28-19-5-3-13(9-21(19)29-2)15-7-17-24(18(26)8-15)16(11-23(27)25-17)14-4-6-20-22(10-14)31-12-30-20/h3-6,9-10,15-16H,7-8,11-12H2,1-2H3,(H,25,27)/t15-,16-/m0/s1. The van der Waals surface area contributed by atoms with Crippen molar-refractivity contribution >= 4 is 11.7 Å². The molecule has 0 spiro atoms. The number of rotatable bonds is 4. The summed E-state index contributed by atoms with van der Waals surface area (Å²) in [6, 6.07) is 11.3. The fourth-order valence-electron chi connectivity index (χ4n) is 4.72. The van der Waals surface area contributed by atoms with Crippen LogP contribution in [0.15, 0.2) is 47.7 Å². The maximum absolute atomic E-state index is 13.3. The minimum absolute atomic E-state index is 0.0399. The Bertz CT molecular complexity index is 1110. The highest BCUT2D eigenvalue weighted by molar-refractivity contribution is 6.02. The molecule has 31 heavy (non-hydrogen) atoms. The van der Waals surface area contributed by atoms with Crippen LogP contribution in [0.1, 0.15) is 42.2 Å². The molecule has 0 saturated carbocycles. The van der Waals surface area contributed by atoms with E-state index in [0.29, 0.717) is 41.4 Å². The molecular weight excluding hydrogens is 398 g/mol. The summed E-state index contributed by atoms with van der Waals surface area (Å²) in [4.78, 5) is 25.8. The molecule has 2 heterocycles. The molecular formula is C24H23NO6. The third kappa shape index (κ3) is 3.40. The molecule has 1 N–H and O–H groups in total. The lowest BCUT2D eigenvalue weighted by Gasteiger charge is -2.34. The average Bonchev–Trinajstić information content (AvgIpc) is 3.25. The smallest absolute Gasteiger partial charge is 0.231 e. The molecule has 2 aromatic rings. The van der Waals surface area contributed by atoms with Crippen molar-refractivity contribution in [2.24, 2.45) is 0 Å². The van der Waals surface area contributed by atoms with Gasteiger partial charge in [-0.1, -0.05) is 12.1 Å². The van der Waals surface area contributed by atoms with Gasteiger partial charge in [0.1, 0.15) is 0 Å². The number of methoxy groups -OCH3 is 2. The lowest BCUT2D eigenvalue weighted by Crippen LogP contribution is -2.38. The van der Waals surface area contributed by atoms with Crippen LogP contribution in [-0.4, -0.2) is 32.7 Å². The Morgan fingerprint density at radius 1 is 0.871 bits per heavy atom. The van der Waals surface area contributed by atoms with Crippen LogP contribution in [-0.2, 0) is 9.59 Å². The van der Waals surface area contributed by atoms with E-state index in [-0.39, 0.29) is 36.7 Å². The summed E-state index contributed by atoms with van der Waals surface area (Å²) in [6.45, 7) is 0.184. The highest BCUT2D eigenvalue weighted by Crippen LogP contribution is 2.45. The largest absolute Gasteiger partial charge is 0.493 e. The lowest BCUT2D eigenvalue weighted by atomic mass is 9.73. The first-order valence-electron chi connectivity index (χ1n) is 10.2. The number of ketones is 1. The van der Waals surface area contributed by atoms with Gasteiger partial charge in [0.05, 0.1) is 14.2 Å². The molecule has 0 saturated heterocycles. The molecule has 2 aromatic carbocycles. The van der Waals surface area contributed by atoms with Gasteiger partial charge in [-0.15, -0.1) is 0 Å². The van der Waals surface area contributed by atoms with Crippen LogP contribution in [0.4, 0.5) is 0 Å². The van der Waals surface area contributed by atoms with Crippen molar-refractivity contribution in [3.63, 3.8) is 0 Å². The van der Waals surface area contributed by atoms with Gasteiger partial charge in [-0.3, -0.25) is 9.59 Å². The van der Waals surface area contributed by atoms with E-state index < -0.39 is 0 Å². The van der Waals surface area contributed by atoms with Gasteiger partial charge in [0.2, 0.25) is 12.7 Å². The molecule has 0 bridgehead atoms. The highest BCUT2D eigenvalue weighted by Gasteiger charge is 2.38. The zero-order valence-electron chi connectivity index (χ0n) is 17.4. The van der Waals surface area contributed by atoms with Crippen molar-refractivity contribution in [3.05, 3.63) is 58.8 Å². The minimum atomic E-state index is -0.280. The fraction of sp³-hybridized carbons (Fsp3) is 0.333. The zero-order valence-corrected chi connectivity index (χ0v) is 17.4. The molecule has 0 unspecified atom stereocenters. The highest BCUT2D eigenvalue weighted by atomic mass is 16.7. The van der Waals surface area contributed by atoms with Crippen molar-refractivity contribution in [2.75, 3.05) is 21.0 Å². The minimum Gasteiger partial charge on any atom is -0.493 e. The second-order valence-electron chi connectivity index (χ2n) is 7.95. The lowest BCUT2D eigenvalue weighted by molar-refractivity contribution is -0.122. The summed E-state index contributed by atoms with van der Waals surface area (Å²) in [5, 5.41) is 2.96. The van der Waals surface area contributed by atoms with Crippen LogP contribution >= 0.6 is 0 Å². The average molecular weight is 421 g/mol. The SMILES string of the molecule is COc1ccc([C@@H]2CC(=O)C3=C(C2)NC(=O)C[C@H]3c2ccc3c(c2)OCO3)cc1OC. The number of hydrogen-bond acceptors (Lipinski definition) is 6. The fourth-order valence-corrected chi connectivity index (χ4v) is 4.72. The number of nitrogens with one attached hydrogen (secondary N) is 1. The number of fused-ring (bicyclic) bond motifs is 1. The van der Waals surface area contributed by atoms with E-state index in [2.05, 4.69) is 5.32 Å². The van der Waals surface area contributed by atoms with Crippen LogP contribution < -0.4 is 24.3 Å². The third-order valence-electron chi connectivity index (χ3n) is 6.21. The summed E-state index contributed by atoms with van der Waals surface area (Å²) in [7, 11) is 3.18. The number of carbonyl (C=O) groups excluding carboxylic acids is 2. The second kappa shape index (κ2) is 7.65. The van der Waals surface area contributed by atoms with Crippen LogP contribution in [0.2, 0.25) is 0 Å². The quantitative estimate of drug-likeness (QED) is 0.814. The summed E-state index contributed by atoms with van der Waals surface area (Å²) in [5.74, 6) is 2.25. The van der Waals surface area contributed by atoms with Gasteiger partial charge in [-0.2, -0.15) is 0 Å². The van der Waals surface area contributed by atoms with Crippen molar-refractivity contribution in [1.29, 1.82) is 0 Å². The molecule has 3 aliphatic rings. The van der Waals surface area contributed by atoms with E-state index >= 15 is 0 Å². The van der Waals surface area contributed by atoms with E-state index in [1.807, 2.05) is 36.4 Å². The second-order valence-corrected chi connectivity index (χ2v) is 7.95. The summed E-state index contributed by atoms with van der Waals surface area (Å²) in [6.07, 6.45) is 1.21. The first kappa shape index (κ1) is 19.5. The molecule has 2 atom stereocenters. The normalized spacial score (nSPS) is 22.1. The number of hydrogen-bond donors (Lipinski definition) is 1. The molecule has 1 amide bonds. The molecule has 0 aromatic heterocycles. The summed E-state index contributed by atoms with van der Waals surface area (Å²) >= 11 is 0. The van der Waals surface area contributed by atoms with Crippen LogP contribution in [0.3, 0.4) is 0 Å². The first-order chi connectivity index (χ1) is 15.1. The van der Waals surface area contributed by atoms with Crippen molar-refractivity contribution < 1.29 is 28.5 Å². The predicted octanol–water partition coefficient (Wildman–Crippen LogP) is 3.44. The van der Waals surface area contributed by atoms with E-state index in [9.17, 15) is 9.59 Å². The monoisotopic (exact) mass is 421 g/mol. The first-order valence-corrected chi connectivity index (χ1v) is 10.2. The van der Waals surface area contributed by atoms with Crippen LogP contribution in [0, 0.1) is 0 Å². The molecule has 5 rings (SSSR count). The summed E-state index contributed by atoms with van der Waals surface area (Å²) in [5.41, 5.74) is 3.30. The van der Waals surface area contributed by atoms with E-state index in [4.69, 9.17) is 18.9 Å². The van der Waals surface area contributed by atoms with Gasteiger partial charge in [-0.05, 0) is 47.7 Å². The molecule has 0 fully saturated rings. The number of allylic oxidation sites excluding steroid dienone is 2. The predicted molar refractivity (Wildman–Crippen MR) is 112 cm³/mol. The van der Waals surface area contributed by atoms with E-state index in [0.717, 1.165) is 16.8 Å². The van der Waals surface area contributed by atoms with Crippen molar-refractivity contribution in [2.45, 2.75) is 31.1 Å². The maximum atomic E-state index is 13.3. The van der Waals surface area contributed by atoms with Gasteiger partial charge >= 0.3 is 0 Å². The molecule has 7 nitrogen and oxygen atoms in total. The number of carbonyl (C=O) groups is 2.